The van der Waals surface area contributed by atoms with Crippen LogP contribution in [0, 0.1) is 5.92 Å². The molecule has 0 heterocycles. The number of rotatable bonds is 6. The van der Waals surface area contributed by atoms with Gasteiger partial charge in [0.15, 0.2) is 0 Å². The Morgan fingerprint density at radius 1 is 1.19 bits per heavy atom. The maximum Gasteiger partial charge on any atom is 0.407 e. The number of benzene rings is 1. The van der Waals surface area contributed by atoms with Crippen LogP contribution in [-0.2, 0) is 11.3 Å². The molecule has 3 N–H and O–H groups in total. The summed E-state index contributed by atoms with van der Waals surface area (Å²) in [6, 6.07) is 9.50. The normalized spacial score (nSPS) is 22.7. The molecule has 6 nitrogen and oxygen atoms in total. The zero-order chi connectivity index (χ0) is 19.9. The molecule has 1 unspecified atom stereocenters. The highest BCUT2D eigenvalue weighted by Gasteiger charge is 2.33. The van der Waals surface area contributed by atoms with E-state index in [9.17, 15) is 9.59 Å². The number of alkyl carbamates (subject to hydrolysis) is 1. The molecule has 0 saturated heterocycles. The Kier molecular flexibility index (Phi) is 7.83. The third kappa shape index (κ3) is 8.12. The Morgan fingerprint density at radius 2 is 1.89 bits per heavy atom. The van der Waals surface area contributed by atoms with E-state index < -0.39 is 12.2 Å². The van der Waals surface area contributed by atoms with Crippen LogP contribution in [0.2, 0.25) is 0 Å². The molecule has 1 aromatic rings. The molecule has 0 aliphatic heterocycles. The van der Waals surface area contributed by atoms with Crippen molar-refractivity contribution in [2.24, 2.45) is 5.92 Å². The van der Waals surface area contributed by atoms with Crippen LogP contribution in [0.1, 0.15) is 45.6 Å². The summed E-state index contributed by atoms with van der Waals surface area (Å²) in [5, 5.41) is 14.6. The highest BCUT2D eigenvalue weighted by molar-refractivity contribution is 8.00. The molecule has 0 bridgehead atoms. The minimum absolute atomic E-state index is 0.00466. The van der Waals surface area contributed by atoms with E-state index in [-0.39, 0.29) is 29.4 Å². The Hall–Kier alpha value is -1.89. The largest absolute Gasteiger partial charge is 0.465 e. The Balaban J connectivity index is 1.90. The number of carboxylic acid groups (broad SMARTS) is 1. The SMILES string of the molecule is CC(C)(C)SC[C@@H]1CC(NC(=O)O)CC[C@@H]1NC(=O)OCc1ccccc1. The van der Waals surface area contributed by atoms with Crippen LogP contribution in [0.3, 0.4) is 0 Å². The van der Waals surface area contributed by atoms with Crippen LogP contribution in [0.5, 0.6) is 0 Å². The molecular formula is C20H30N2O4S. The summed E-state index contributed by atoms with van der Waals surface area (Å²) in [7, 11) is 0. The molecule has 1 aliphatic carbocycles. The second-order valence-electron chi connectivity index (χ2n) is 7.96. The Labute approximate surface area is 165 Å². The first kappa shape index (κ1) is 21.4. The molecule has 2 amide bonds. The number of amides is 2. The lowest BCUT2D eigenvalue weighted by molar-refractivity contribution is 0.124. The quantitative estimate of drug-likeness (QED) is 0.671. The lowest BCUT2D eigenvalue weighted by atomic mass is 9.82. The summed E-state index contributed by atoms with van der Waals surface area (Å²) >= 11 is 1.83. The molecule has 7 heteroatoms. The van der Waals surface area contributed by atoms with E-state index in [4.69, 9.17) is 9.84 Å². The van der Waals surface area contributed by atoms with Gasteiger partial charge in [-0.1, -0.05) is 51.1 Å². The minimum atomic E-state index is -0.990. The lowest BCUT2D eigenvalue weighted by Crippen LogP contribution is -2.49. The van der Waals surface area contributed by atoms with Crippen molar-refractivity contribution in [1.82, 2.24) is 10.6 Å². The summed E-state index contributed by atoms with van der Waals surface area (Å²) in [6.07, 6.45) is 0.766. The van der Waals surface area contributed by atoms with Crippen LogP contribution >= 0.6 is 11.8 Å². The Bertz CT molecular complexity index is 618. The number of carbonyl (C=O) groups is 2. The van der Waals surface area contributed by atoms with Gasteiger partial charge in [0, 0.05) is 16.8 Å². The van der Waals surface area contributed by atoms with Crippen molar-refractivity contribution < 1.29 is 19.4 Å². The topological polar surface area (TPSA) is 87.7 Å². The van der Waals surface area contributed by atoms with E-state index in [2.05, 4.69) is 31.4 Å². The van der Waals surface area contributed by atoms with E-state index in [1.54, 1.807) is 0 Å². The van der Waals surface area contributed by atoms with Crippen LogP contribution in [0.4, 0.5) is 9.59 Å². The first-order valence-corrected chi connectivity index (χ1v) is 10.3. The Morgan fingerprint density at radius 3 is 2.52 bits per heavy atom. The van der Waals surface area contributed by atoms with Gasteiger partial charge in [-0.25, -0.2) is 9.59 Å². The van der Waals surface area contributed by atoms with Crippen LogP contribution < -0.4 is 10.6 Å². The van der Waals surface area contributed by atoms with Crippen molar-refractivity contribution in [3.8, 4) is 0 Å². The zero-order valence-electron chi connectivity index (χ0n) is 16.2. The first-order valence-electron chi connectivity index (χ1n) is 9.33. The third-order valence-electron chi connectivity index (χ3n) is 4.56. The molecule has 27 heavy (non-hydrogen) atoms. The molecule has 2 rings (SSSR count). The molecule has 1 fully saturated rings. The van der Waals surface area contributed by atoms with E-state index in [1.807, 2.05) is 42.1 Å². The van der Waals surface area contributed by atoms with Crippen molar-refractivity contribution in [3.05, 3.63) is 35.9 Å². The van der Waals surface area contributed by atoms with Gasteiger partial charge in [0.1, 0.15) is 6.61 Å². The summed E-state index contributed by atoms with van der Waals surface area (Å²) in [6.45, 7) is 6.71. The summed E-state index contributed by atoms with van der Waals surface area (Å²) < 4.78 is 5.47. The van der Waals surface area contributed by atoms with E-state index in [1.165, 1.54) is 0 Å². The van der Waals surface area contributed by atoms with Gasteiger partial charge in [0.05, 0.1) is 0 Å². The van der Waals surface area contributed by atoms with Gasteiger partial charge >= 0.3 is 12.2 Å². The maximum absolute atomic E-state index is 12.2. The summed E-state index contributed by atoms with van der Waals surface area (Å²) in [5.41, 5.74) is 0.946. The van der Waals surface area contributed by atoms with Crippen molar-refractivity contribution in [1.29, 1.82) is 0 Å². The second-order valence-corrected chi connectivity index (χ2v) is 9.80. The van der Waals surface area contributed by atoms with Crippen molar-refractivity contribution >= 4 is 23.9 Å². The minimum Gasteiger partial charge on any atom is -0.465 e. The fourth-order valence-electron chi connectivity index (χ4n) is 3.22. The fraction of sp³-hybridized carbons (Fsp3) is 0.600. The summed E-state index contributed by atoms with van der Waals surface area (Å²) in [5.74, 6) is 1.06. The fourth-order valence-corrected chi connectivity index (χ4v) is 4.30. The highest BCUT2D eigenvalue weighted by Crippen LogP contribution is 2.33. The van der Waals surface area contributed by atoms with E-state index >= 15 is 0 Å². The average Bonchev–Trinajstić information content (AvgIpc) is 2.60. The molecule has 1 saturated carbocycles. The van der Waals surface area contributed by atoms with Crippen LogP contribution in [0.15, 0.2) is 30.3 Å². The van der Waals surface area contributed by atoms with Crippen LogP contribution in [-0.4, -0.2) is 39.9 Å². The number of hydrogen-bond acceptors (Lipinski definition) is 4. The summed E-state index contributed by atoms with van der Waals surface area (Å²) in [4.78, 5) is 23.2. The number of hydrogen-bond donors (Lipinski definition) is 3. The number of carbonyl (C=O) groups excluding carboxylic acids is 1. The number of nitrogens with one attached hydrogen (secondary N) is 2. The molecular weight excluding hydrogens is 364 g/mol. The second kappa shape index (κ2) is 9.88. The predicted molar refractivity (Wildman–Crippen MR) is 108 cm³/mol. The van der Waals surface area contributed by atoms with Gasteiger partial charge in [0.25, 0.3) is 0 Å². The van der Waals surface area contributed by atoms with Gasteiger partial charge in [0.2, 0.25) is 0 Å². The monoisotopic (exact) mass is 394 g/mol. The van der Waals surface area contributed by atoms with Gasteiger partial charge in [-0.3, -0.25) is 0 Å². The number of thioether (sulfide) groups is 1. The van der Waals surface area contributed by atoms with Gasteiger partial charge in [-0.15, -0.1) is 0 Å². The molecule has 1 aromatic carbocycles. The lowest BCUT2D eigenvalue weighted by Gasteiger charge is -2.37. The molecule has 1 aliphatic rings. The van der Waals surface area contributed by atoms with Crippen molar-refractivity contribution in [2.75, 3.05) is 5.75 Å². The van der Waals surface area contributed by atoms with Crippen molar-refractivity contribution in [2.45, 2.75) is 63.5 Å². The standard InChI is InChI=1S/C20H30N2O4S/c1-20(2,3)27-13-15-11-16(21-18(23)24)9-10-17(15)22-19(25)26-12-14-7-5-4-6-8-14/h4-8,15-17,21H,9-13H2,1-3H3,(H,22,25)(H,23,24)/t15-,16?,17-/m0/s1. The first-order chi connectivity index (χ1) is 12.7. The van der Waals surface area contributed by atoms with Crippen molar-refractivity contribution in [3.63, 3.8) is 0 Å². The molecule has 0 radical (unpaired) electrons. The smallest absolute Gasteiger partial charge is 0.407 e. The molecule has 0 aromatic heterocycles. The van der Waals surface area contributed by atoms with E-state index in [0.29, 0.717) is 6.42 Å². The third-order valence-corrected chi connectivity index (χ3v) is 6.02. The maximum atomic E-state index is 12.2. The van der Waals surface area contributed by atoms with Gasteiger partial charge in [-0.05, 0) is 36.5 Å². The number of ether oxygens (including phenoxy) is 1. The van der Waals surface area contributed by atoms with E-state index in [0.717, 1.165) is 24.2 Å². The predicted octanol–water partition coefficient (Wildman–Crippen LogP) is 4.25. The molecule has 3 atom stereocenters. The zero-order valence-corrected chi connectivity index (χ0v) is 17.1. The molecule has 150 valence electrons. The van der Waals surface area contributed by atoms with Gasteiger partial charge < -0.3 is 20.5 Å². The average molecular weight is 395 g/mol. The highest BCUT2D eigenvalue weighted by atomic mass is 32.2. The van der Waals surface area contributed by atoms with Crippen LogP contribution in [0.25, 0.3) is 0 Å². The molecule has 0 spiro atoms. The van der Waals surface area contributed by atoms with Gasteiger partial charge in [-0.2, -0.15) is 11.8 Å².